The number of ether oxygens (including phenoxy) is 1. The van der Waals surface area contributed by atoms with Crippen LogP contribution < -0.4 is 4.74 Å². The zero-order valence-corrected chi connectivity index (χ0v) is 15.3. The van der Waals surface area contributed by atoms with E-state index in [0.29, 0.717) is 30.1 Å². The summed E-state index contributed by atoms with van der Waals surface area (Å²) in [7, 11) is 0. The molecule has 1 aromatic carbocycles. The van der Waals surface area contributed by atoms with Crippen LogP contribution in [-0.2, 0) is 17.9 Å². The number of nitrogens with zero attached hydrogens (tertiary/aromatic N) is 3. The second-order valence-corrected chi connectivity index (χ2v) is 6.73. The zero-order valence-electron chi connectivity index (χ0n) is 14.4. The summed E-state index contributed by atoms with van der Waals surface area (Å²) in [4.78, 5) is 10.7. The van der Waals surface area contributed by atoms with E-state index in [4.69, 9.17) is 9.84 Å². The Morgan fingerprint density at radius 3 is 2.71 bits per heavy atom. The van der Waals surface area contributed by atoms with Crippen molar-refractivity contribution in [2.45, 2.75) is 51.9 Å². The van der Waals surface area contributed by atoms with E-state index in [2.05, 4.69) is 37.0 Å². The molecular formula is C17H23N3O3S. The fraction of sp³-hybridized carbons (Fsp3) is 0.471. The van der Waals surface area contributed by atoms with E-state index in [9.17, 15) is 4.79 Å². The van der Waals surface area contributed by atoms with Crippen LogP contribution in [0.3, 0.4) is 0 Å². The van der Waals surface area contributed by atoms with E-state index < -0.39 is 5.97 Å². The van der Waals surface area contributed by atoms with Crippen LogP contribution in [0.15, 0.2) is 23.4 Å². The third kappa shape index (κ3) is 4.50. The number of thioether (sulfide) groups is 1. The topological polar surface area (TPSA) is 77.2 Å². The fourth-order valence-corrected chi connectivity index (χ4v) is 3.25. The van der Waals surface area contributed by atoms with Gasteiger partial charge in [0.25, 0.3) is 0 Å². The van der Waals surface area contributed by atoms with Crippen molar-refractivity contribution in [3.8, 4) is 5.75 Å². The van der Waals surface area contributed by atoms with Crippen molar-refractivity contribution >= 4 is 17.7 Å². The largest absolute Gasteiger partial charge is 0.486 e. The van der Waals surface area contributed by atoms with Gasteiger partial charge in [0.1, 0.15) is 12.4 Å². The molecule has 0 unspecified atom stereocenters. The molecule has 0 spiro atoms. The van der Waals surface area contributed by atoms with Crippen LogP contribution in [0, 0.1) is 6.92 Å². The Morgan fingerprint density at radius 2 is 2.12 bits per heavy atom. The minimum Gasteiger partial charge on any atom is -0.486 e. The van der Waals surface area contributed by atoms with Crippen molar-refractivity contribution < 1.29 is 14.6 Å². The Morgan fingerprint density at radius 1 is 1.38 bits per heavy atom. The molecule has 0 saturated heterocycles. The summed E-state index contributed by atoms with van der Waals surface area (Å²) in [6, 6.07) is 6.09. The number of rotatable bonds is 8. The third-order valence-corrected chi connectivity index (χ3v) is 4.62. The highest BCUT2D eigenvalue weighted by Crippen LogP contribution is 2.24. The van der Waals surface area contributed by atoms with Gasteiger partial charge in [-0.2, -0.15) is 0 Å². The van der Waals surface area contributed by atoms with E-state index >= 15 is 0 Å². The number of benzene rings is 1. The maximum atomic E-state index is 10.7. The number of aromatic nitrogens is 3. The summed E-state index contributed by atoms with van der Waals surface area (Å²) in [5.41, 5.74) is 2.52. The first kappa shape index (κ1) is 18.3. The molecule has 0 amide bonds. The Kier molecular flexibility index (Phi) is 6.25. The molecule has 1 aromatic heterocycles. The Balaban J connectivity index is 2.06. The first-order chi connectivity index (χ1) is 11.4. The summed E-state index contributed by atoms with van der Waals surface area (Å²) < 4.78 is 7.72. The lowest BCUT2D eigenvalue weighted by Crippen LogP contribution is -2.08. The first-order valence-electron chi connectivity index (χ1n) is 7.92. The number of hydrogen-bond donors (Lipinski definition) is 1. The minimum atomic E-state index is -0.871. The van der Waals surface area contributed by atoms with Crippen LogP contribution >= 0.6 is 11.8 Å². The molecule has 2 aromatic rings. The molecule has 7 heteroatoms. The van der Waals surface area contributed by atoms with Gasteiger partial charge < -0.3 is 14.4 Å². The molecule has 0 atom stereocenters. The molecule has 0 aliphatic heterocycles. The summed E-state index contributed by atoms with van der Waals surface area (Å²) >= 11 is 1.16. The van der Waals surface area contributed by atoms with E-state index in [-0.39, 0.29) is 5.75 Å². The van der Waals surface area contributed by atoms with Crippen LogP contribution in [0.25, 0.3) is 0 Å². The average molecular weight is 349 g/mol. The smallest absolute Gasteiger partial charge is 0.313 e. The van der Waals surface area contributed by atoms with Crippen LogP contribution in [0.1, 0.15) is 43.6 Å². The van der Waals surface area contributed by atoms with Crippen LogP contribution in [0.5, 0.6) is 5.75 Å². The molecule has 0 aliphatic rings. The minimum absolute atomic E-state index is 0.0329. The van der Waals surface area contributed by atoms with Gasteiger partial charge in [-0.25, -0.2) is 0 Å². The van der Waals surface area contributed by atoms with Gasteiger partial charge in [-0.3, -0.25) is 4.79 Å². The molecule has 0 saturated carbocycles. The van der Waals surface area contributed by atoms with Crippen molar-refractivity contribution in [3.63, 3.8) is 0 Å². The van der Waals surface area contributed by atoms with Gasteiger partial charge in [0.2, 0.25) is 0 Å². The molecule has 1 heterocycles. The molecule has 0 fully saturated rings. The van der Waals surface area contributed by atoms with Gasteiger partial charge in [-0.15, -0.1) is 10.2 Å². The van der Waals surface area contributed by atoms with Gasteiger partial charge in [-0.05, 0) is 43.0 Å². The zero-order chi connectivity index (χ0) is 17.7. The normalized spacial score (nSPS) is 11.0. The quantitative estimate of drug-likeness (QED) is 0.735. The van der Waals surface area contributed by atoms with Crippen LogP contribution in [-0.4, -0.2) is 31.6 Å². The number of carboxylic acid groups (broad SMARTS) is 1. The Bertz CT molecular complexity index is 713. The highest BCUT2D eigenvalue weighted by molar-refractivity contribution is 7.99. The monoisotopic (exact) mass is 349 g/mol. The Hall–Kier alpha value is -2.02. The molecular weight excluding hydrogens is 326 g/mol. The van der Waals surface area contributed by atoms with Crippen molar-refractivity contribution in [2.75, 3.05) is 5.75 Å². The number of hydrogen-bond acceptors (Lipinski definition) is 5. The van der Waals surface area contributed by atoms with Crippen molar-refractivity contribution in [3.05, 3.63) is 35.2 Å². The van der Waals surface area contributed by atoms with Crippen molar-refractivity contribution in [2.24, 2.45) is 0 Å². The van der Waals surface area contributed by atoms with Gasteiger partial charge in [-0.1, -0.05) is 31.7 Å². The lowest BCUT2D eigenvalue weighted by atomic mass is 9.98. The summed E-state index contributed by atoms with van der Waals surface area (Å²) in [5.74, 6) is 1.06. The lowest BCUT2D eigenvalue weighted by Gasteiger charge is -2.12. The van der Waals surface area contributed by atoms with Gasteiger partial charge in [0, 0.05) is 6.54 Å². The summed E-state index contributed by atoms with van der Waals surface area (Å²) in [5, 5.41) is 17.6. The molecule has 0 radical (unpaired) electrons. The first-order valence-corrected chi connectivity index (χ1v) is 8.91. The van der Waals surface area contributed by atoms with E-state index in [0.717, 1.165) is 17.5 Å². The van der Waals surface area contributed by atoms with Crippen molar-refractivity contribution in [1.82, 2.24) is 14.8 Å². The van der Waals surface area contributed by atoms with Gasteiger partial charge in [0.05, 0.1) is 5.75 Å². The van der Waals surface area contributed by atoms with Gasteiger partial charge in [0.15, 0.2) is 11.0 Å². The third-order valence-electron chi connectivity index (χ3n) is 3.67. The molecule has 1 N–H and O–H groups in total. The predicted octanol–water partition coefficient (Wildman–Crippen LogP) is 3.49. The summed E-state index contributed by atoms with van der Waals surface area (Å²) in [6.07, 6.45) is 0. The van der Waals surface area contributed by atoms with Crippen LogP contribution in [0.4, 0.5) is 0 Å². The number of carbonyl (C=O) groups is 1. The van der Waals surface area contributed by atoms with E-state index in [1.807, 2.05) is 23.6 Å². The fourth-order valence-electron chi connectivity index (χ4n) is 2.51. The molecule has 130 valence electrons. The maximum Gasteiger partial charge on any atom is 0.313 e. The molecule has 24 heavy (non-hydrogen) atoms. The second-order valence-electron chi connectivity index (χ2n) is 5.79. The standard InChI is InChI=1S/C17H23N3O3S/c1-5-20-15(18-19-17(20)24-10-16(21)22)9-23-13-6-7-14(11(2)3)12(4)8-13/h6-8,11H,5,9-10H2,1-4H3,(H,21,22). The molecule has 0 aliphatic carbocycles. The maximum absolute atomic E-state index is 10.7. The number of aryl methyl sites for hydroxylation is 1. The highest BCUT2D eigenvalue weighted by Gasteiger charge is 2.13. The molecule has 0 bridgehead atoms. The van der Waals surface area contributed by atoms with E-state index in [1.54, 1.807) is 0 Å². The lowest BCUT2D eigenvalue weighted by molar-refractivity contribution is -0.133. The van der Waals surface area contributed by atoms with Crippen molar-refractivity contribution in [1.29, 1.82) is 0 Å². The number of carboxylic acids is 1. The van der Waals surface area contributed by atoms with Crippen LogP contribution in [0.2, 0.25) is 0 Å². The number of aliphatic carboxylic acids is 1. The van der Waals surface area contributed by atoms with E-state index in [1.165, 1.54) is 11.1 Å². The Labute approximate surface area is 146 Å². The SMILES string of the molecule is CCn1c(COc2ccc(C(C)C)c(C)c2)nnc1SCC(=O)O. The average Bonchev–Trinajstić information content (AvgIpc) is 2.92. The second kappa shape index (κ2) is 8.19. The summed E-state index contributed by atoms with van der Waals surface area (Å²) in [6.45, 7) is 9.36. The highest BCUT2D eigenvalue weighted by atomic mass is 32.2. The predicted molar refractivity (Wildman–Crippen MR) is 93.7 cm³/mol. The molecule has 6 nitrogen and oxygen atoms in total. The molecule has 2 rings (SSSR count). The van der Waals surface area contributed by atoms with Gasteiger partial charge >= 0.3 is 5.97 Å².